The minimum absolute atomic E-state index is 0.168. The van der Waals surface area contributed by atoms with Crippen molar-refractivity contribution in [1.82, 2.24) is 9.80 Å². The lowest BCUT2D eigenvalue weighted by Gasteiger charge is -2.64. The van der Waals surface area contributed by atoms with Gasteiger partial charge >= 0.3 is 0 Å². The SMILES string of the molecule is C=CCN1CC[C@]23c4c5c([N+](=O)[O-])cc(O)c4O[C@H]2[C@@H](N(C)C(=O)C#Cc2ccc(C)c(C)c2)CC[C@@]3(O)[C@H]1C5. The van der Waals surface area contributed by atoms with Gasteiger partial charge in [0.25, 0.3) is 11.6 Å². The highest BCUT2D eigenvalue weighted by Crippen LogP contribution is 2.67. The van der Waals surface area contributed by atoms with Gasteiger partial charge in [-0.15, -0.1) is 6.58 Å². The molecule has 6 rings (SSSR count). The van der Waals surface area contributed by atoms with Crippen LogP contribution >= 0.6 is 0 Å². The van der Waals surface area contributed by atoms with Crippen LogP contribution in [0.2, 0.25) is 0 Å². The highest BCUT2D eigenvalue weighted by atomic mass is 16.6. The number of hydrogen-bond acceptors (Lipinski definition) is 7. The van der Waals surface area contributed by atoms with Crippen LogP contribution in [0, 0.1) is 35.8 Å². The Bertz CT molecular complexity index is 1530. The first-order chi connectivity index (χ1) is 19.0. The molecular weight excluding hydrogens is 510 g/mol. The van der Waals surface area contributed by atoms with E-state index in [-0.39, 0.29) is 29.5 Å². The predicted molar refractivity (Wildman–Crippen MR) is 148 cm³/mol. The van der Waals surface area contributed by atoms with Crippen LogP contribution in [0.1, 0.15) is 47.1 Å². The van der Waals surface area contributed by atoms with E-state index in [4.69, 9.17) is 4.74 Å². The Labute approximate surface area is 233 Å². The smallest absolute Gasteiger partial charge is 0.298 e. The van der Waals surface area contributed by atoms with E-state index in [2.05, 4.69) is 23.3 Å². The number of benzene rings is 2. The molecule has 0 radical (unpaired) electrons. The molecular formula is C31H33N3O6. The number of hydrogen-bond donors (Lipinski definition) is 2. The standard InChI is InChI=1S/C31H33N3O6/c1-5-13-33-14-12-30-27-21-16-25(33)31(30,37)11-10-22(29(30)40-28(27)24(35)17-23(21)34(38)39)32(4)26(36)9-8-20-7-6-18(2)19(3)15-20/h5-7,15,17,22,25,29,35,37H,1,10-14,16H2,2-4H3/t22-,25+,29-,30-,31+/m0/s1. The van der Waals surface area contributed by atoms with Crippen LogP contribution in [0.3, 0.4) is 0 Å². The molecule has 5 atom stereocenters. The van der Waals surface area contributed by atoms with Gasteiger partial charge in [0.2, 0.25) is 0 Å². The lowest BCUT2D eigenvalue weighted by atomic mass is 9.48. The third-order valence-corrected chi connectivity index (χ3v) is 9.85. The van der Waals surface area contributed by atoms with Gasteiger partial charge in [-0.2, -0.15) is 0 Å². The first-order valence-electron chi connectivity index (χ1n) is 13.7. The van der Waals surface area contributed by atoms with Crippen molar-refractivity contribution >= 4 is 11.6 Å². The number of likely N-dealkylation sites (N-methyl/N-ethyl adjacent to an activating group) is 1. The summed E-state index contributed by atoms with van der Waals surface area (Å²) in [7, 11) is 1.69. The Kier molecular flexibility index (Phi) is 5.98. The van der Waals surface area contributed by atoms with Gasteiger partial charge in [-0.05, 0) is 69.3 Å². The Hall–Kier alpha value is -3.87. The first kappa shape index (κ1) is 26.4. The van der Waals surface area contributed by atoms with Crippen LogP contribution in [0.5, 0.6) is 11.5 Å². The second-order valence-corrected chi connectivity index (χ2v) is 11.6. The van der Waals surface area contributed by atoms with E-state index < -0.39 is 34.1 Å². The monoisotopic (exact) mass is 543 g/mol. The fourth-order valence-corrected chi connectivity index (χ4v) is 7.80. The molecule has 9 nitrogen and oxygen atoms in total. The molecule has 2 N–H and O–H groups in total. The number of aliphatic hydroxyl groups is 1. The van der Waals surface area contributed by atoms with Gasteiger partial charge in [0.15, 0.2) is 11.5 Å². The van der Waals surface area contributed by atoms with Gasteiger partial charge in [0.05, 0.1) is 28.0 Å². The van der Waals surface area contributed by atoms with Crippen LogP contribution in [-0.4, -0.2) is 74.8 Å². The van der Waals surface area contributed by atoms with Gasteiger partial charge in [-0.3, -0.25) is 19.8 Å². The highest BCUT2D eigenvalue weighted by Gasteiger charge is 2.74. The molecule has 2 aliphatic carbocycles. The summed E-state index contributed by atoms with van der Waals surface area (Å²) in [5, 5.41) is 35.5. The number of phenols is 1. The van der Waals surface area contributed by atoms with Crippen molar-refractivity contribution in [2.24, 2.45) is 0 Å². The zero-order valence-corrected chi connectivity index (χ0v) is 22.9. The minimum atomic E-state index is -1.26. The average Bonchev–Trinajstić information content (AvgIpc) is 3.27. The number of piperidine rings is 1. The number of aromatic hydroxyl groups is 1. The predicted octanol–water partition coefficient (Wildman–Crippen LogP) is 3.14. The molecule has 0 aromatic heterocycles. The summed E-state index contributed by atoms with van der Waals surface area (Å²) in [6.45, 7) is 9.05. The number of aryl methyl sites for hydroxylation is 2. The number of nitrogens with zero attached hydrogens (tertiary/aromatic N) is 3. The molecule has 1 saturated carbocycles. The van der Waals surface area contributed by atoms with Crippen LogP contribution in [0.25, 0.3) is 0 Å². The summed E-state index contributed by atoms with van der Waals surface area (Å²) >= 11 is 0. The number of ether oxygens (including phenoxy) is 1. The molecule has 2 aromatic carbocycles. The van der Waals surface area contributed by atoms with Crippen molar-refractivity contribution in [3.05, 3.63) is 74.9 Å². The normalized spacial score (nSPS) is 29.4. The molecule has 1 amide bonds. The van der Waals surface area contributed by atoms with Crippen LogP contribution < -0.4 is 4.74 Å². The maximum atomic E-state index is 13.4. The zero-order chi connectivity index (χ0) is 28.6. The fraction of sp³-hybridized carbons (Fsp3) is 0.452. The van der Waals surface area contributed by atoms with E-state index in [1.165, 1.54) is 0 Å². The lowest BCUT2D eigenvalue weighted by Crippen LogP contribution is -2.78. The third-order valence-electron chi connectivity index (χ3n) is 9.85. The summed E-state index contributed by atoms with van der Waals surface area (Å²) in [4.78, 5) is 28.7. The molecule has 208 valence electrons. The van der Waals surface area contributed by atoms with Crippen LogP contribution in [0.15, 0.2) is 36.9 Å². The molecule has 1 spiro atoms. The van der Waals surface area contributed by atoms with E-state index in [9.17, 15) is 25.1 Å². The van der Waals surface area contributed by atoms with Crippen molar-refractivity contribution in [2.75, 3.05) is 20.1 Å². The van der Waals surface area contributed by atoms with Crippen LogP contribution in [0.4, 0.5) is 5.69 Å². The molecule has 1 saturated heterocycles. The molecule has 0 unspecified atom stereocenters. The summed E-state index contributed by atoms with van der Waals surface area (Å²) in [5.41, 5.74) is 1.57. The van der Waals surface area contributed by atoms with Crippen molar-refractivity contribution < 1.29 is 24.7 Å². The Morgan fingerprint density at radius 2 is 2.10 bits per heavy atom. The molecule has 2 fully saturated rings. The topological polar surface area (TPSA) is 116 Å². The number of carbonyl (C=O) groups excluding carboxylic acids is 1. The lowest BCUT2D eigenvalue weighted by molar-refractivity contribution is -0.386. The fourth-order valence-electron chi connectivity index (χ4n) is 7.80. The zero-order valence-electron chi connectivity index (χ0n) is 22.9. The highest BCUT2D eigenvalue weighted by molar-refractivity contribution is 5.94. The van der Waals surface area contributed by atoms with E-state index in [0.29, 0.717) is 43.5 Å². The minimum Gasteiger partial charge on any atom is -0.504 e. The molecule has 2 aromatic rings. The summed E-state index contributed by atoms with van der Waals surface area (Å²) in [6, 6.07) is 6.11. The van der Waals surface area contributed by atoms with Crippen molar-refractivity contribution in [3.8, 4) is 23.3 Å². The van der Waals surface area contributed by atoms with Crippen molar-refractivity contribution in [1.29, 1.82) is 0 Å². The summed E-state index contributed by atoms with van der Waals surface area (Å²) in [5.74, 6) is 5.23. The Morgan fingerprint density at radius 1 is 1.32 bits per heavy atom. The van der Waals surface area contributed by atoms with E-state index in [1.54, 1.807) is 18.0 Å². The average molecular weight is 544 g/mol. The Morgan fingerprint density at radius 3 is 2.80 bits per heavy atom. The van der Waals surface area contributed by atoms with E-state index in [1.807, 2.05) is 32.0 Å². The number of likely N-dealkylation sites (tertiary alicyclic amines) is 1. The van der Waals surface area contributed by atoms with Gasteiger partial charge in [0, 0.05) is 42.2 Å². The van der Waals surface area contributed by atoms with E-state index in [0.717, 1.165) is 22.8 Å². The van der Waals surface area contributed by atoms with E-state index >= 15 is 0 Å². The maximum absolute atomic E-state index is 13.4. The second kappa shape index (κ2) is 9.08. The number of rotatable bonds is 4. The second-order valence-electron chi connectivity index (χ2n) is 11.6. The molecule has 2 heterocycles. The number of nitro groups is 1. The largest absolute Gasteiger partial charge is 0.504 e. The molecule has 9 heteroatoms. The number of phenolic OH excluding ortho intramolecular Hbond substituents is 1. The van der Waals surface area contributed by atoms with Crippen molar-refractivity contribution in [3.63, 3.8) is 0 Å². The Balaban J connectivity index is 1.43. The maximum Gasteiger partial charge on any atom is 0.298 e. The van der Waals surface area contributed by atoms with Crippen molar-refractivity contribution in [2.45, 2.75) is 68.7 Å². The summed E-state index contributed by atoms with van der Waals surface area (Å²) < 4.78 is 6.47. The van der Waals surface area contributed by atoms with Gasteiger partial charge < -0.3 is 19.8 Å². The van der Waals surface area contributed by atoms with Gasteiger partial charge in [0.1, 0.15) is 6.10 Å². The number of carbonyl (C=O) groups is 1. The van der Waals surface area contributed by atoms with Gasteiger partial charge in [-0.1, -0.05) is 18.1 Å². The first-order valence-corrected chi connectivity index (χ1v) is 13.7. The quantitative estimate of drug-likeness (QED) is 0.263. The number of amides is 1. The van der Waals surface area contributed by atoms with Gasteiger partial charge in [-0.25, -0.2) is 0 Å². The number of nitro benzene ring substituents is 1. The molecule has 40 heavy (non-hydrogen) atoms. The summed E-state index contributed by atoms with van der Waals surface area (Å²) in [6.07, 6.45) is 2.65. The van der Waals surface area contributed by atoms with Crippen LogP contribution in [-0.2, 0) is 16.6 Å². The molecule has 2 aliphatic heterocycles. The third kappa shape index (κ3) is 3.45. The molecule has 4 aliphatic rings. The molecule has 2 bridgehead atoms.